The van der Waals surface area contributed by atoms with Crippen LogP contribution < -0.4 is 10.5 Å². The van der Waals surface area contributed by atoms with E-state index in [1.807, 2.05) is 29.2 Å². The predicted molar refractivity (Wildman–Crippen MR) is 101 cm³/mol. The lowest BCUT2D eigenvalue weighted by Gasteiger charge is -2.35. The average Bonchev–Trinajstić information content (AvgIpc) is 2.74. The molecule has 0 spiro atoms. The molecule has 3 aromatic rings. The van der Waals surface area contributed by atoms with Crippen molar-refractivity contribution in [3.05, 3.63) is 59.0 Å². The molecule has 0 N–H and O–H groups in total. The van der Waals surface area contributed by atoms with Gasteiger partial charge in [0.2, 0.25) is 5.91 Å². The lowest BCUT2D eigenvalue weighted by Crippen LogP contribution is -2.49. The highest BCUT2D eigenvalue weighted by Gasteiger charge is 2.21. The van der Waals surface area contributed by atoms with Crippen LogP contribution in [-0.4, -0.2) is 57.0 Å². The number of nitrogens with zero attached hydrogens (tertiary/aromatic N) is 6. The number of hydrogen-bond donors (Lipinski definition) is 0. The molecule has 3 heterocycles. The number of carbonyl (C=O) groups excluding carboxylic acids is 1. The van der Waals surface area contributed by atoms with Crippen LogP contribution in [0.2, 0.25) is 0 Å². The van der Waals surface area contributed by atoms with E-state index in [2.05, 4.69) is 20.2 Å². The van der Waals surface area contributed by atoms with Gasteiger partial charge in [0.05, 0.1) is 11.9 Å². The summed E-state index contributed by atoms with van der Waals surface area (Å²) < 4.78 is 1.27. The molecule has 1 aliphatic heterocycles. The Kier molecular flexibility index (Phi) is 4.78. The summed E-state index contributed by atoms with van der Waals surface area (Å²) in [6.07, 6.45) is 2.01. The van der Waals surface area contributed by atoms with Crippen LogP contribution in [0.25, 0.3) is 10.9 Å². The van der Waals surface area contributed by atoms with Crippen molar-refractivity contribution in [3.8, 4) is 0 Å². The summed E-state index contributed by atoms with van der Waals surface area (Å²) in [5.74, 6) is 0.958. The molecule has 0 bridgehead atoms. The summed E-state index contributed by atoms with van der Waals surface area (Å²) in [5.41, 5.74) is 0.351. The third kappa shape index (κ3) is 3.64. The SMILES string of the molecule is O=C(CCn1nnc2ccccc2c1=O)N1CCN(c2ccccn2)CC1. The molecule has 8 nitrogen and oxygen atoms in total. The monoisotopic (exact) mass is 364 g/mol. The Morgan fingerprint density at radius 3 is 2.56 bits per heavy atom. The largest absolute Gasteiger partial charge is 0.353 e. The molecule has 0 saturated carbocycles. The molecule has 0 aliphatic carbocycles. The number of amides is 1. The molecule has 8 heteroatoms. The average molecular weight is 364 g/mol. The van der Waals surface area contributed by atoms with Crippen LogP contribution in [0.1, 0.15) is 6.42 Å². The Balaban J connectivity index is 1.35. The van der Waals surface area contributed by atoms with Gasteiger partial charge in [0.15, 0.2) is 0 Å². The lowest BCUT2D eigenvalue weighted by molar-refractivity contribution is -0.131. The van der Waals surface area contributed by atoms with Crippen LogP contribution in [0, 0.1) is 0 Å². The van der Waals surface area contributed by atoms with Crippen LogP contribution >= 0.6 is 0 Å². The Bertz CT molecular complexity index is 996. The molecule has 1 saturated heterocycles. The van der Waals surface area contributed by atoms with Gasteiger partial charge in [-0.25, -0.2) is 9.67 Å². The van der Waals surface area contributed by atoms with Gasteiger partial charge < -0.3 is 9.80 Å². The Morgan fingerprint density at radius 1 is 1.00 bits per heavy atom. The van der Waals surface area contributed by atoms with E-state index in [1.165, 1.54) is 4.68 Å². The van der Waals surface area contributed by atoms with E-state index in [1.54, 1.807) is 24.4 Å². The number of piperazine rings is 1. The van der Waals surface area contributed by atoms with E-state index in [4.69, 9.17) is 0 Å². The van der Waals surface area contributed by atoms with Gasteiger partial charge in [0.1, 0.15) is 11.3 Å². The summed E-state index contributed by atoms with van der Waals surface area (Å²) in [5, 5.41) is 8.51. The van der Waals surface area contributed by atoms with Crippen molar-refractivity contribution in [2.24, 2.45) is 0 Å². The second-order valence-electron chi connectivity index (χ2n) is 6.44. The number of carbonyl (C=O) groups is 1. The number of benzene rings is 1. The predicted octanol–water partition coefficient (Wildman–Crippen LogP) is 0.925. The second-order valence-corrected chi connectivity index (χ2v) is 6.44. The number of rotatable bonds is 4. The van der Waals surface area contributed by atoms with Crippen molar-refractivity contribution in [3.63, 3.8) is 0 Å². The van der Waals surface area contributed by atoms with Crippen molar-refractivity contribution in [2.45, 2.75) is 13.0 Å². The Morgan fingerprint density at radius 2 is 1.78 bits per heavy atom. The van der Waals surface area contributed by atoms with Gasteiger partial charge in [0.25, 0.3) is 5.56 Å². The van der Waals surface area contributed by atoms with Gasteiger partial charge in [-0.05, 0) is 24.3 Å². The molecular formula is C19H20N6O2. The third-order valence-electron chi connectivity index (χ3n) is 4.77. The first-order valence-corrected chi connectivity index (χ1v) is 8.99. The number of fused-ring (bicyclic) bond motifs is 1. The number of aromatic nitrogens is 4. The van der Waals surface area contributed by atoms with E-state index in [-0.39, 0.29) is 24.4 Å². The van der Waals surface area contributed by atoms with Crippen LogP contribution in [0.4, 0.5) is 5.82 Å². The number of anilines is 1. The molecule has 2 aromatic heterocycles. The zero-order valence-corrected chi connectivity index (χ0v) is 14.9. The minimum Gasteiger partial charge on any atom is -0.353 e. The van der Waals surface area contributed by atoms with Crippen LogP contribution in [0.5, 0.6) is 0 Å². The second kappa shape index (κ2) is 7.53. The number of aryl methyl sites for hydroxylation is 1. The minimum atomic E-state index is -0.214. The van der Waals surface area contributed by atoms with Gasteiger partial charge in [-0.2, -0.15) is 0 Å². The summed E-state index contributed by atoms with van der Waals surface area (Å²) in [7, 11) is 0. The quantitative estimate of drug-likeness (QED) is 0.685. The van der Waals surface area contributed by atoms with E-state index in [9.17, 15) is 9.59 Å². The van der Waals surface area contributed by atoms with E-state index in [0.717, 1.165) is 18.9 Å². The van der Waals surface area contributed by atoms with Crippen molar-refractivity contribution in [1.82, 2.24) is 24.9 Å². The fourth-order valence-electron chi connectivity index (χ4n) is 3.26. The molecule has 1 amide bonds. The van der Waals surface area contributed by atoms with Crippen LogP contribution in [0.15, 0.2) is 53.5 Å². The standard InChI is InChI=1S/C19H20N6O2/c26-18(24-13-11-23(12-14-24)17-7-3-4-9-20-17)8-10-25-19(27)15-5-1-2-6-16(15)21-22-25/h1-7,9H,8,10-14H2. The van der Waals surface area contributed by atoms with Gasteiger partial charge in [-0.1, -0.05) is 23.4 Å². The molecule has 1 aromatic carbocycles. The fraction of sp³-hybridized carbons (Fsp3) is 0.316. The summed E-state index contributed by atoms with van der Waals surface area (Å²) >= 11 is 0. The summed E-state index contributed by atoms with van der Waals surface area (Å²) in [4.78, 5) is 33.3. The normalized spacial score (nSPS) is 14.5. The summed E-state index contributed by atoms with van der Waals surface area (Å²) in [6, 6.07) is 12.9. The first-order valence-electron chi connectivity index (χ1n) is 8.99. The van der Waals surface area contributed by atoms with E-state index >= 15 is 0 Å². The smallest absolute Gasteiger partial charge is 0.277 e. The number of hydrogen-bond acceptors (Lipinski definition) is 6. The highest BCUT2D eigenvalue weighted by molar-refractivity contribution is 5.77. The van der Waals surface area contributed by atoms with Crippen molar-refractivity contribution in [2.75, 3.05) is 31.1 Å². The topological polar surface area (TPSA) is 84.2 Å². The Hall–Kier alpha value is -3.29. The first kappa shape index (κ1) is 17.1. The molecular weight excluding hydrogens is 344 g/mol. The molecule has 27 heavy (non-hydrogen) atoms. The maximum absolute atomic E-state index is 12.5. The minimum absolute atomic E-state index is 0.0255. The van der Waals surface area contributed by atoms with Gasteiger partial charge in [-0.15, -0.1) is 5.10 Å². The maximum Gasteiger partial charge on any atom is 0.277 e. The zero-order valence-electron chi connectivity index (χ0n) is 14.9. The Labute approximate surface area is 156 Å². The molecule has 1 fully saturated rings. The molecule has 0 radical (unpaired) electrons. The lowest BCUT2D eigenvalue weighted by atomic mass is 10.2. The van der Waals surface area contributed by atoms with Crippen LogP contribution in [-0.2, 0) is 11.3 Å². The number of pyridine rings is 1. The third-order valence-corrected chi connectivity index (χ3v) is 4.77. The molecule has 138 valence electrons. The highest BCUT2D eigenvalue weighted by atomic mass is 16.2. The molecule has 4 rings (SSSR count). The molecule has 0 atom stereocenters. The van der Waals surface area contributed by atoms with Crippen molar-refractivity contribution < 1.29 is 4.79 Å². The van der Waals surface area contributed by atoms with Gasteiger partial charge in [0, 0.05) is 38.8 Å². The molecule has 0 unspecified atom stereocenters. The highest BCUT2D eigenvalue weighted by Crippen LogP contribution is 2.13. The maximum atomic E-state index is 12.5. The zero-order chi connectivity index (χ0) is 18.6. The van der Waals surface area contributed by atoms with Crippen molar-refractivity contribution >= 4 is 22.6 Å². The first-order chi connectivity index (χ1) is 13.2. The summed E-state index contributed by atoms with van der Waals surface area (Å²) in [6.45, 7) is 3.02. The molecule has 1 aliphatic rings. The van der Waals surface area contributed by atoms with Crippen molar-refractivity contribution in [1.29, 1.82) is 0 Å². The van der Waals surface area contributed by atoms with Crippen LogP contribution in [0.3, 0.4) is 0 Å². The van der Waals surface area contributed by atoms with Gasteiger partial charge >= 0.3 is 0 Å². The van der Waals surface area contributed by atoms with E-state index in [0.29, 0.717) is 24.0 Å². The van der Waals surface area contributed by atoms with E-state index < -0.39 is 0 Å². The van der Waals surface area contributed by atoms with Gasteiger partial charge in [-0.3, -0.25) is 9.59 Å². The fourth-order valence-corrected chi connectivity index (χ4v) is 3.26.